The van der Waals surface area contributed by atoms with Crippen molar-refractivity contribution in [1.82, 2.24) is 4.90 Å². The van der Waals surface area contributed by atoms with Gasteiger partial charge in [0.15, 0.2) is 5.78 Å². The molecular formula is C21H28F3NO2. The summed E-state index contributed by atoms with van der Waals surface area (Å²) in [6.45, 7) is 6.79. The summed E-state index contributed by atoms with van der Waals surface area (Å²) in [6, 6.07) is 2.57. The Morgan fingerprint density at radius 1 is 1.26 bits per heavy atom. The van der Waals surface area contributed by atoms with Gasteiger partial charge >= 0.3 is 6.18 Å². The molecule has 27 heavy (non-hydrogen) atoms. The molecule has 2 atom stereocenters. The number of alkyl halides is 3. The lowest BCUT2D eigenvalue weighted by Gasteiger charge is -2.37. The number of rotatable bonds is 5. The topological polar surface area (TPSA) is 29.5 Å². The van der Waals surface area contributed by atoms with Crippen LogP contribution in [0.5, 0.6) is 0 Å². The van der Waals surface area contributed by atoms with Crippen LogP contribution in [0.2, 0.25) is 0 Å². The fraction of sp³-hybridized carbons (Fsp3) is 0.667. The van der Waals surface area contributed by atoms with Crippen LogP contribution < -0.4 is 0 Å². The third kappa shape index (κ3) is 4.54. The van der Waals surface area contributed by atoms with Crippen molar-refractivity contribution < 1.29 is 22.7 Å². The lowest BCUT2D eigenvalue weighted by molar-refractivity contribution is -0.137. The molecule has 6 heteroatoms. The van der Waals surface area contributed by atoms with Crippen molar-refractivity contribution in [2.75, 3.05) is 26.3 Å². The summed E-state index contributed by atoms with van der Waals surface area (Å²) in [5.74, 6) is 0.0496. The molecule has 0 aromatic heterocycles. The normalized spacial score (nSPS) is 24.3. The van der Waals surface area contributed by atoms with Crippen molar-refractivity contribution in [2.24, 2.45) is 5.92 Å². The highest BCUT2D eigenvalue weighted by atomic mass is 19.4. The van der Waals surface area contributed by atoms with Crippen molar-refractivity contribution in [3.63, 3.8) is 0 Å². The second-order valence-electron chi connectivity index (χ2n) is 7.74. The number of hydrogen-bond donors (Lipinski definition) is 0. The molecule has 150 valence electrons. The largest absolute Gasteiger partial charge is 0.416 e. The molecule has 1 aromatic rings. The summed E-state index contributed by atoms with van der Waals surface area (Å²) < 4.78 is 45.0. The maximum atomic E-state index is 13.1. The first-order chi connectivity index (χ1) is 12.8. The summed E-state index contributed by atoms with van der Waals surface area (Å²) in [4.78, 5) is 15.5. The Balaban J connectivity index is 1.82. The van der Waals surface area contributed by atoms with Crippen molar-refractivity contribution >= 4 is 5.78 Å². The van der Waals surface area contributed by atoms with Gasteiger partial charge in [-0.25, -0.2) is 0 Å². The molecule has 0 spiro atoms. The maximum absolute atomic E-state index is 13.1. The molecule has 1 aromatic carbocycles. The smallest absolute Gasteiger partial charge is 0.381 e. The average molecular weight is 383 g/mol. The highest BCUT2D eigenvalue weighted by Crippen LogP contribution is 2.34. The molecule has 0 N–H and O–H groups in total. The van der Waals surface area contributed by atoms with E-state index in [1.807, 2.05) is 0 Å². The standard InChI is InChI=1S/C21H28F3NO2/c1-3-15-11-17(21(22,23)24)10-14(2)20(15)19(26)12-16-13-27-9-6-18(16)25-7-4-5-8-25/h10-11,16,18H,3-9,12-13H2,1-2H3/t16-,18-/m1/s1. The van der Waals surface area contributed by atoms with Gasteiger partial charge in [-0.3, -0.25) is 9.69 Å². The summed E-state index contributed by atoms with van der Waals surface area (Å²) in [7, 11) is 0. The van der Waals surface area contributed by atoms with Crippen molar-refractivity contribution in [2.45, 2.75) is 58.2 Å². The van der Waals surface area contributed by atoms with Gasteiger partial charge < -0.3 is 4.74 Å². The van der Waals surface area contributed by atoms with E-state index in [4.69, 9.17) is 4.74 Å². The Bertz CT molecular complexity index is 681. The molecule has 2 aliphatic rings. The third-order valence-corrected chi connectivity index (χ3v) is 5.90. The number of nitrogens with zero attached hydrogens (tertiary/aromatic N) is 1. The summed E-state index contributed by atoms with van der Waals surface area (Å²) >= 11 is 0. The Kier molecular flexibility index (Phi) is 6.26. The zero-order chi connectivity index (χ0) is 19.6. The first-order valence-corrected chi connectivity index (χ1v) is 9.87. The van der Waals surface area contributed by atoms with Gasteiger partial charge in [-0.1, -0.05) is 6.92 Å². The Labute approximate surface area is 158 Å². The number of Topliss-reactive ketones (excluding diaryl/α,β-unsaturated/α-hetero) is 1. The van der Waals surface area contributed by atoms with Gasteiger partial charge in [-0.15, -0.1) is 0 Å². The number of benzene rings is 1. The lowest BCUT2D eigenvalue weighted by Crippen LogP contribution is -2.45. The maximum Gasteiger partial charge on any atom is 0.416 e. The molecule has 2 aliphatic heterocycles. The molecule has 3 nitrogen and oxygen atoms in total. The molecule has 2 saturated heterocycles. The van der Waals surface area contributed by atoms with Gasteiger partial charge in [0.2, 0.25) is 0 Å². The Morgan fingerprint density at radius 2 is 1.96 bits per heavy atom. The fourth-order valence-corrected chi connectivity index (χ4v) is 4.58. The first-order valence-electron chi connectivity index (χ1n) is 9.87. The summed E-state index contributed by atoms with van der Waals surface area (Å²) in [6.07, 6.45) is -0.353. The van der Waals surface area contributed by atoms with E-state index in [0.29, 0.717) is 48.8 Å². The molecule has 0 amide bonds. The number of ether oxygens (including phenoxy) is 1. The van der Waals surface area contributed by atoms with Gasteiger partial charge in [0.25, 0.3) is 0 Å². The van der Waals surface area contributed by atoms with Crippen LogP contribution in [0, 0.1) is 12.8 Å². The number of ketones is 1. The quantitative estimate of drug-likeness (QED) is 0.693. The second-order valence-corrected chi connectivity index (χ2v) is 7.74. The van der Waals surface area contributed by atoms with E-state index in [2.05, 4.69) is 4.90 Å². The van der Waals surface area contributed by atoms with Gasteiger partial charge in [0, 0.05) is 30.6 Å². The highest BCUT2D eigenvalue weighted by Gasteiger charge is 2.35. The molecule has 2 heterocycles. The van der Waals surface area contributed by atoms with Crippen LogP contribution in [-0.2, 0) is 17.3 Å². The zero-order valence-corrected chi connectivity index (χ0v) is 16.1. The minimum absolute atomic E-state index is 0.0576. The zero-order valence-electron chi connectivity index (χ0n) is 16.1. The van der Waals surface area contributed by atoms with Gasteiger partial charge in [-0.2, -0.15) is 13.2 Å². The molecule has 0 radical (unpaired) electrons. The number of carbonyl (C=O) groups is 1. The first kappa shape index (κ1) is 20.3. The van der Waals surface area contributed by atoms with Crippen LogP contribution in [0.4, 0.5) is 13.2 Å². The van der Waals surface area contributed by atoms with Crippen LogP contribution in [0.1, 0.15) is 59.7 Å². The summed E-state index contributed by atoms with van der Waals surface area (Å²) in [5.41, 5.74) is 0.698. The Morgan fingerprint density at radius 3 is 2.59 bits per heavy atom. The van der Waals surface area contributed by atoms with E-state index in [-0.39, 0.29) is 11.7 Å². The van der Waals surface area contributed by atoms with Crippen molar-refractivity contribution in [1.29, 1.82) is 0 Å². The average Bonchev–Trinajstić information content (AvgIpc) is 3.15. The highest BCUT2D eigenvalue weighted by molar-refractivity contribution is 5.99. The van der Waals surface area contributed by atoms with Crippen LogP contribution in [0.3, 0.4) is 0 Å². The second kappa shape index (κ2) is 8.31. The molecule has 3 rings (SSSR count). The number of likely N-dealkylation sites (tertiary alicyclic amines) is 1. The molecule has 0 aliphatic carbocycles. The van der Waals surface area contributed by atoms with Crippen molar-refractivity contribution in [3.05, 3.63) is 34.4 Å². The minimum Gasteiger partial charge on any atom is -0.381 e. The van der Waals surface area contributed by atoms with Gasteiger partial charge in [0.1, 0.15) is 0 Å². The van der Waals surface area contributed by atoms with Crippen LogP contribution in [-0.4, -0.2) is 43.0 Å². The van der Waals surface area contributed by atoms with Crippen LogP contribution >= 0.6 is 0 Å². The number of halogens is 3. The summed E-state index contributed by atoms with van der Waals surface area (Å²) in [5, 5.41) is 0. The van der Waals surface area contributed by atoms with E-state index >= 15 is 0 Å². The van der Waals surface area contributed by atoms with Crippen LogP contribution in [0.25, 0.3) is 0 Å². The predicted octanol–water partition coefficient (Wildman–Crippen LogP) is 4.65. The van der Waals surface area contributed by atoms with E-state index in [1.165, 1.54) is 12.8 Å². The number of carbonyl (C=O) groups excluding carboxylic acids is 1. The predicted molar refractivity (Wildman–Crippen MR) is 98.0 cm³/mol. The van der Waals surface area contributed by atoms with Gasteiger partial charge in [0.05, 0.1) is 12.2 Å². The Hall–Kier alpha value is -1.40. The molecule has 0 bridgehead atoms. The lowest BCUT2D eigenvalue weighted by atomic mass is 9.85. The van der Waals surface area contributed by atoms with E-state index in [9.17, 15) is 18.0 Å². The molecular weight excluding hydrogens is 355 g/mol. The van der Waals surface area contributed by atoms with Gasteiger partial charge in [-0.05, 0) is 69.0 Å². The number of aryl methyl sites for hydroxylation is 2. The van der Waals surface area contributed by atoms with Crippen molar-refractivity contribution in [3.8, 4) is 0 Å². The molecule has 0 unspecified atom stereocenters. The fourth-order valence-electron chi connectivity index (χ4n) is 4.58. The monoisotopic (exact) mass is 383 g/mol. The minimum atomic E-state index is -4.39. The molecule has 0 saturated carbocycles. The van der Waals surface area contributed by atoms with E-state index in [0.717, 1.165) is 31.6 Å². The van der Waals surface area contributed by atoms with E-state index < -0.39 is 11.7 Å². The van der Waals surface area contributed by atoms with E-state index in [1.54, 1.807) is 13.8 Å². The number of hydrogen-bond acceptors (Lipinski definition) is 3. The molecule has 2 fully saturated rings. The third-order valence-electron chi connectivity index (χ3n) is 5.90. The SMILES string of the molecule is CCc1cc(C(F)(F)F)cc(C)c1C(=O)C[C@@H]1COCC[C@H]1N1CCCC1. The van der Waals surface area contributed by atoms with Crippen LogP contribution in [0.15, 0.2) is 12.1 Å².